The number of aliphatic imine (C=N–C) groups is 1. The maximum atomic E-state index is 12.6. The summed E-state index contributed by atoms with van der Waals surface area (Å²) in [5.41, 5.74) is 1.81. The van der Waals surface area contributed by atoms with E-state index >= 15 is 0 Å². The minimum atomic E-state index is 0.121. The highest BCUT2D eigenvalue weighted by Gasteiger charge is 2.23. The average Bonchev–Trinajstić information content (AvgIpc) is 2.75. The maximum Gasteiger partial charge on any atom is 0.227 e. The normalized spacial score (nSPS) is 14.7. The largest absolute Gasteiger partial charge is 0.481 e. The second-order valence-electron chi connectivity index (χ2n) is 6.75. The molecule has 1 N–H and O–H groups in total. The molecule has 7 nitrogen and oxygen atoms in total. The Morgan fingerprint density at radius 3 is 2.59 bits per heavy atom. The van der Waals surface area contributed by atoms with Crippen LogP contribution in [0.25, 0.3) is 0 Å². The van der Waals surface area contributed by atoms with Crippen LogP contribution in [0.4, 0.5) is 0 Å². The molecule has 29 heavy (non-hydrogen) atoms. The van der Waals surface area contributed by atoms with Crippen molar-refractivity contribution in [3.05, 3.63) is 58.7 Å². The molecule has 2 heterocycles. The molecule has 0 bridgehead atoms. The second-order valence-corrected chi connectivity index (χ2v) is 7.18. The van der Waals surface area contributed by atoms with Crippen LogP contribution in [0.2, 0.25) is 5.02 Å². The predicted molar refractivity (Wildman–Crippen MR) is 114 cm³/mol. The van der Waals surface area contributed by atoms with Gasteiger partial charge in [-0.05, 0) is 23.8 Å². The summed E-state index contributed by atoms with van der Waals surface area (Å²) in [6.07, 6.45) is 0.370. The summed E-state index contributed by atoms with van der Waals surface area (Å²) in [5.74, 6) is 1.51. The smallest absolute Gasteiger partial charge is 0.227 e. The minimum absolute atomic E-state index is 0.121. The van der Waals surface area contributed by atoms with Crippen LogP contribution < -0.4 is 10.1 Å². The van der Waals surface area contributed by atoms with Gasteiger partial charge in [-0.3, -0.25) is 9.79 Å². The Hall–Kier alpha value is -2.80. The zero-order valence-corrected chi connectivity index (χ0v) is 17.5. The van der Waals surface area contributed by atoms with Crippen LogP contribution in [0.3, 0.4) is 0 Å². The average molecular weight is 416 g/mol. The van der Waals surface area contributed by atoms with Gasteiger partial charge in [0.2, 0.25) is 11.8 Å². The van der Waals surface area contributed by atoms with Crippen molar-refractivity contribution < 1.29 is 9.53 Å². The fourth-order valence-corrected chi connectivity index (χ4v) is 3.49. The van der Waals surface area contributed by atoms with Crippen molar-refractivity contribution in [1.29, 1.82) is 0 Å². The van der Waals surface area contributed by atoms with E-state index in [1.807, 2.05) is 47.4 Å². The SMILES string of the molecule is CN=C(NCc1cccc(OC)n1)N1CCN(C(=O)Cc2cccc(Cl)c2)CC1. The summed E-state index contributed by atoms with van der Waals surface area (Å²) in [6, 6.07) is 13.1. The van der Waals surface area contributed by atoms with E-state index in [0.717, 1.165) is 30.3 Å². The monoisotopic (exact) mass is 415 g/mol. The minimum Gasteiger partial charge on any atom is -0.481 e. The molecule has 8 heteroatoms. The van der Waals surface area contributed by atoms with Crippen molar-refractivity contribution in [3.8, 4) is 5.88 Å². The Balaban J connectivity index is 1.49. The van der Waals surface area contributed by atoms with Crippen LogP contribution in [0.1, 0.15) is 11.3 Å². The first kappa shape index (κ1) is 20.9. The lowest BCUT2D eigenvalue weighted by Crippen LogP contribution is -2.53. The second kappa shape index (κ2) is 10.1. The molecule has 1 aromatic carbocycles. The summed E-state index contributed by atoms with van der Waals surface area (Å²) in [5, 5.41) is 3.99. The van der Waals surface area contributed by atoms with Gasteiger partial charge in [-0.15, -0.1) is 0 Å². The Morgan fingerprint density at radius 2 is 1.90 bits per heavy atom. The number of carbonyl (C=O) groups excluding carboxylic acids is 1. The Kier molecular flexibility index (Phi) is 7.30. The molecule has 0 saturated carbocycles. The van der Waals surface area contributed by atoms with Crippen LogP contribution in [0.15, 0.2) is 47.5 Å². The fourth-order valence-electron chi connectivity index (χ4n) is 3.27. The summed E-state index contributed by atoms with van der Waals surface area (Å²) in [4.78, 5) is 25.4. The third kappa shape index (κ3) is 5.84. The van der Waals surface area contributed by atoms with Crippen molar-refractivity contribution in [2.24, 2.45) is 4.99 Å². The van der Waals surface area contributed by atoms with Crippen LogP contribution in [0, 0.1) is 0 Å². The first-order valence-corrected chi connectivity index (χ1v) is 9.94. The number of guanidine groups is 1. The highest BCUT2D eigenvalue weighted by Crippen LogP contribution is 2.13. The zero-order chi connectivity index (χ0) is 20.6. The molecule has 1 aliphatic heterocycles. The number of pyridine rings is 1. The van der Waals surface area contributed by atoms with Gasteiger partial charge >= 0.3 is 0 Å². The van der Waals surface area contributed by atoms with Gasteiger partial charge in [0.25, 0.3) is 0 Å². The first-order chi connectivity index (χ1) is 14.1. The number of benzene rings is 1. The topological polar surface area (TPSA) is 70.1 Å². The lowest BCUT2D eigenvalue weighted by molar-refractivity contribution is -0.131. The van der Waals surface area contributed by atoms with Gasteiger partial charge in [-0.1, -0.05) is 29.8 Å². The van der Waals surface area contributed by atoms with E-state index in [0.29, 0.717) is 37.0 Å². The number of halogens is 1. The quantitative estimate of drug-likeness (QED) is 0.599. The van der Waals surface area contributed by atoms with Crippen molar-refractivity contribution in [1.82, 2.24) is 20.1 Å². The third-order valence-corrected chi connectivity index (χ3v) is 5.04. The maximum absolute atomic E-state index is 12.6. The molecular formula is C21H26ClN5O2. The van der Waals surface area contributed by atoms with E-state index in [9.17, 15) is 4.79 Å². The molecule has 1 aliphatic rings. The predicted octanol–water partition coefficient (Wildman–Crippen LogP) is 2.21. The molecule has 1 saturated heterocycles. The number of amides is 1. The highest BCUT2D eigenvalue weighted by molar-refractivity contribution is 6.30. The Bertz CT molecular complexity index is 866. The van der Waals surface area contributed by atoms with Crippen molar-refractivity contribution in [3.63, 3.8) is 0 Å². The molecule has 3 rings (SSSR count). The number of carbonyl (C=O) groups is 1. The lowest BCUT2D eigenvalue weighted by atomic mass is 10.1. The van der Waals surface area contributed by atoms with Gasteiger partial charge in [0.05, 0.1) is 25.8 Å². The number of methoxy groups -OCH3 is 1. The molecular weight excluding hydrogens is 390 g/mol. The molecule has 0 unspecified atom stereocenters. The fraction of sp³-hybridized carbons (Fsp3) is 0.381. The standard InChI is InChI=1S/C21H26ClN5O2/c1-23-21(24-15-18-7-4-8-19(25-18)29-2)27-11-9-26(10-12-27)20(28)14-16-5-3-6-17(22)13-16/h3-8,13H,9-12,14-15H2,1-2H3,(H,23,24). The molecule has 0 radical (unpaired) electrons. The van der Waals surface area contributed by atoms with E-state index in [2.05, 4.69) is 20.2 Å². The lowest BCUT2D eigenvalue weighted by Gasteiger charge is -2.36. The summed E-state index contributed by atoms with van der Waals surface area (Å²) >= 11 is 6.01. The zero-order valence-electron chi connectivity index (χ0n) is 16.8. The Labute approximate surface area is 176 Å². The van der Waals surface area contributed by atoms with Crippen molar-refractivity contribution in [2.45, 2.75) is 13.0 Å². The van der Waals surface area contributed by atoms with E-state index in [1.54, 1.807) is 14.2 Å². The van der Waals surface area contributed by atoms with E-state index in [4.69, 9.17) is 16.3 Å². The summed E-state index contributed by atoms with van der Waals surface area (Å²) in [7, 11) is 3.36. The number of rotatable bonds is 5. The number of nitrogens with one attached hydrogen (secondary N) is 1. The summed E-state index contributed by atoms with van der Waals surface area (Å²) in [6.45, 7) is 3.34. The van der Waals surface area contributed by atoms with Gasteiger partial charge in [0.15, 0.2) is 5.96 Å². The van der Waals surface area contributed by atoms with E-state index in [1.165, 1.54) is 0 Å². The molecule has 0 spiro atoms. The molecule has 1 fully saturated rings. The Morgan fingerprint density at radius 1 is 1.17 bits per heavy atom. The van der Waals surface area contributed by atoms with Crippen molar-refractivity contribution >= 4 is 23.5 Å². The number of ether oxygens (including phenoxy) is 1. The van der Waals surface area contributed by atoms with Gasteiger partial charge in [0.1, 0.15) is 0 Å². The number of hydrogen-bond acceptors (Lipinski definition) is 4. The molecule has 154 valence electrons. The van der Waals surface area contributed by atoms with Crippen LogP contribution >= 0.6 is 11.6 Å². The number of piperazine rings is 1. The number of aromatic nitrogens is 1. The highest BCUT2D eigenvalue weighted by atomic mass is 35.5. The molecule has 1 amide bonds. The van der Waals surface area contributed by atoms with Crippen LogP contribution in [0.5, 0.6) is 5.88 Å². The molecule has 2 aromatic rings. The summed E-state index contributed by atoms with van der Waals surface area (Å²) < 4.78 is 5.16. The van der Waals surface area contributed by atoms with Gasteiger partial charge < -0.3 is 19.9 Å². The molecule has 0 aliphatic carbocycles. The van der Waals surface area contributed by atoms with Gasteiger partial charge in [0, 0.05) is 44.3 Å². The van der Waals surface area contributed by atoms with Gasteiger partial charge in [-0.2, -0.15) is 0 Å². The van der Waals surface area contributed by atoms with Crippen LogP contribution in [-0.2, 0) is 17.8 Å². The van der Waals surface area contributed by atoms with Gasteiger partial charge in [-0.25, -0.2) is 4.98 Å². The van der Waals surface area contributed by atoms with Crippen molar-refractivity contribution in [2.75, 3.05) is 40.3 Å². The third-order valence-electron chi connectivity index (χ3n) is 4.81. The number of hydrogen-bond donors (Lipinski definition) is 1. The first-order valence-electron chi connectivity index (χ1n) is 9.57. The number of nitrogens with zero attached hydrogens (tertiary/aromatic N) is 4. The van der Waals surface area contributed by atoms with E-state index in [-0.39, 0.29) is 5.91 Å². The molecule has 1 aromatic heterocycles. The molecule has 0 atom stereocenters. The van der Waals surface area contributed by atoms with Crippen LogP contribution in [-0.4, -0.2) is 67.0 Å². The van der Waals surface area contributed by atoms with E-state index < -0.39 is 0 Å².